The average molecular weight is 444 g/mol. The van der Waals surface area contributed by atoms with Gasteiger partial charge in [0.1, 0.15) is 0 Å². The van der Waals surface area contributed by atoms with E-state index in [1.54, 1.807) is 0 Å². The van der Waals surface area contributed by atoms with Gasteiger partial charge in [-0.2, -0.15) is 11.8 Å². The number of benzene rings is 2. The van der Waals surface area contributed by atoms with Gasteiger partial charge in [0.25, 0.3) is 0 Å². The second-order valence-electron chi connectivity index (χ2n) is 7.40. The van der Waals surface area contributed by atoms with E-state index in [2.05, 4.69) is 21.6 Å². The summed E-state index contributed by atoms with van der Waals surface area (Å²) < 4.78 is 0. The smallest absolute Gasteiger partial charge is 0.237 e. The highest BCUT2D eigenvalue weighted by Crippen LogP contribution is 2.21. The van der Waals surface area contributed by atoms with Gasteiger partial charge >= 0.3 is 0 Å². The van der Waals surface area contributed by atoms with Crippen LogP contribution in [0.2, 0.25) is 0 Å². The van der Waals surface area contributed by atoms with Crippen molar-refractivity contribution in [3.63, 3.8) is 0 Å². The number of nitrogens with one attached hydrogen (secondary N) is 2. The molecule has 1 atom stereocenters. The minimum absolute atomic E-state index is 0.0789. The largest absolute Gasteiger partial charge is 0.325 e. The lowest BCUT2D eigenvalue weighted by molar-refractivity contribution is -0.115. The number of carbonyl (C=O) groups is 2. The molecule has 5 nitrogen and oxygen atoms in total. The van der Waals surface area contributed by atoms with E-state index in [-0.39, 0.29) is 22.8 Å². The summed E-state index contributed by atoms with van der Waals surface area (Å²) in [6.45, 7) is 6.84. The topological polar surface area (TPSA) is 61.4 Å². The zero-order chi connectivity index (χ0) is 21.3. The predicted molar refractivity (Wildman–Crippen MR) is 129 cm³/mol. The zero-order valence-corrected chi connectivity index (χ0v) is 19.2. The fourth-order valence-electron chi connectivity index (χ4n) is 3.13. The van der Waals surface area contributed by atoms with Gasteiger partial charge in [-0.25, -0.2) is 0 Å². The van der Waals surface area contributed by atoms with Crippen LogP contribution < -0.4 is 10.6 Å². The number of carbonyl (C=O) groups excluding carboxylic acids is 2. The van der Waals surface area contributed by atoms with Crippen LogP contribution >= 0.6 is 23.5 Å². The first-order valence-electron chi connectivity index (χ1n) is 10.2. The lowest BCUT2D eigenvalue weighted by Crippen LogP contribution is -2.32. The molecule has 1 heterocycles. The highest BCUT2D eigenvalue weighted by Gasteiger charge is 2.18. The monoisotopic (exact) mass is 443 g/mol. The van der Waals surface area contributed by atoms with Crippen molar-refractivity contribution in [2.24, 2.45) is 0 Å². The van der Waals surface area contributed by atoms with E-state index in [0.717, 1.165) is 53.6 Å². The molecule has 1 fully saturated rings. The highest BCUT2D eigenvalue weighted by molar-refractivity contribution is 8.01. The molecule has 2 amide bonds. The van der Waals surface area contributed by atoms with Crippen LogP contribution in [0.15, 0.2) is 48.5 Å². The average Bonchev–Trinajstić information content (AvgIpc) is 2.75. The van der Waals surface area contributed by atoms with Gasteiger partial charge in [0.2, 0.25) is 11.8 Å². The number of hydrogen-bond donors (Lipinski definition) is 2. The van der Waals surface area contributed by atoms with Crippen molar-refractivity contribution in [1.82, 2.24) is 4.90 Å². The number of amides is 2. The molecule has 1 aliphatic rings. The first-order valence-corrected chi connectivity index (χ1v) is 12.4. The minimum atomic E-state index is -0.326. The van der Waals surface area contributed by atoms with Crippen LogP contribution in [0, 0.1) is 6.92 Å². The van der Waals surface area contributed by atoms with E-state index in [1.807, 2.05) is 68.1 Å². The SMILES string of the molecule is Cc1ccc(NC(=O)CSC(C)C(=O)Nc2ccccc2CN2CCSCC2)cc1. The molecule has 7 heteroatoms. The van der Waals surface area contributed by atoms with E-state index in [0.29, 0.717) is 0 Å². The second kappa shape index (κ2) is 11.4. The standard InChI is InChI=1S/C23H29N3O2S2/c1-17-7-9-20(10-8-17)24-22(27)16-30-18(2)23(28)25-21-6-4-3-5-19(21)15-26-11-13-29-14-12-26/h3-10,18H,11-16H2,1-2H3,(H,24,27)(H,25,28). The fourth-order valence-corrected chi connectivity index (χ4v) is 4.79. The molecule has 0 spiro atoms. The van der Waals surface area contributed by atoms with Gasteiger partial charge < -0.3 is 10.6 Å². The molecule has 1 unspecified atom stereocenters. The highest BCUT2D eigenvalue weighted by atomic mass is 32.2. The molecule has 0 aliphatic carbocycles. The van der Waals surface area contributed by atoms with Crippen LogP contribution in [0.25, 0.3) is 0 Å². The van der Waals surface area contributed by atoms with Gasteiger partial charge in [0.05, 0.1) is 11.0 Å². The van der Waals surface area contributed by atoms with Gasteiger partial charge in [0, 0.05) is 42.5 Å². The Morgan fingerprint density at radius 3 is 2.50 bits per heavy atom. The molecule has 1 saturated heterocycles. The number of hydrogen-bond acceptors (Lipinski definition) is 5. The van der Waals surface area contributed by atoms with Crippen molar-refractivity contribution >= 4 is 46.7 Å². The number of nitrogens with zero attached hydrogens (tertiary/aromatic N) is 1. The van der Waals surface area contributed by atoms with Crippen LogP contribution in [0.1, 0.15) is 18.1 Å². The van der Waals surface area contributed by atoms with Gasteiger partial charge in [-0.1, -0.05) is 35.9 Å². The molecular weight excluding hydrogens is 414 g/mol. The molecular formula is C23H29N3O2S2. The lowest BCUT2D eigenvalue weighted by Gasteiger charge is -2.27. The summed E-state index contributed by atoms with van der Waals surface area (Å²) in [5.41, 5.74) is 3.91. The molecule has 0 bridgehead atoms. The first-order chi connectivity index (χ1) is 14.5. The van der Waals surface area contributed by atoms with E-state index >= 15 is 0 Å². The third kappa shape index (κ3) is 7.07. The molecule has 2 aromatic rings. The molecule has 2 N–H and O–H groups in total. The molecule has 0 aromatic heterocycles. The van der Waals surface area contributed by atoms with Crippen molar-refractivity contribution < 1.29 is 9.59 Å². The summed E-state index contributed by atoms with van der Waals surface area (Å²) in [5, 5.41) is 5.60. The molecule has 30 heavy (non-hydrogen) atoms. The maximum atomic E-state index is 12.7. The summed E-state index contributed by atoms with van der Waals surface area (Å²) >= 11 is 3.33. The van der Waals surface area contributed by atoms with Gasteiger partial charge in [-0.05, 0) is 37.6 Å². The van der Waals surface area contributed by atoms with Crippen molar-refractivity contribution in [1.29, 1.82) is 0 Å². The summed E-state index contributed by atoms with van der Waals surface area (Å²) in [6.07, 6.45) is 0. The van der Waals surface area contributed by atoms with Crippen molar-refractivity contribution in [2.75, 3.05) is 41.0 Å². The molecule has 0 saturated carbocycles. The third-order valence-corrected chi connectivity index (χ3v) is 7.03. The lowest BCUT2D eigenvalue weighted by atomic mass is 10.1. The summed E-state index contributed by atoms with van der Waals surface area (Å²) in [4.78, 5) is 27.3. The zero-order valence-electron chi connectivity index (χ0n) is 17.5. The normalized spacial score (nSPS) is 15.4. The number of thioether (sulfide) groups is 2. The Morgan fingerprint density at radius 2 is 1.77 bits per heavy atom. The van der Waals surface area contributed by atoms with Crippen LogP contribution in [0.5, 0.6) is 0 Å². The van der Waals surface area contributed by atoms with E-state index < -0.39 is 0 Å². The number of rotatable bonds is 8. The van der Waals surface area contributed by atoms with E-state index in [9.17, 15) is 9.59 Å². The van der Waals surface area contributed by atoms with E-state index in [1.165, 1.54) is 11.8 Å². The molecule has 1 aliphatic heterocycles. The summed E-state index contributed by atoms with van der Waals surface area (Å²) in [7, 11) is 0. The quantitative estimate of drug-likeness (QED) is 0.639. The van der Waals surface area contributed by atoms with Crippen molar-refractivity contribution in [3.05, 3.63) is 59.7 Å². The fraction of sp³-hybridized carbons (Fsp3) is 0.391. The maximum absolute atomic E-state index is 12.7. The number of aryl methyl sites for hydroxylation is 1. The van der Waals surface area contributed by atoms with Gasteiger partial charge in [-0.15, -0.1) is 11.8 Å². The molecule has 160 valence electrons. The first kappa shape index (κ1) is 22.7. The Morgan fingerprint density at radius 1 is 1.07 bits per heavy atom. The van der Waals surface area contributed by atoms with Crippen LogP contribution in [-0.4, -0.2) is 52.3 Å². The Kier molecular flexibility index (Phi) is 8.66. The molecule has 3 rings (SSSR count). The molecule has 2 aromatic carbocycles. The number of anilines is 2. The Balaban J connectivity index is 1.49. The van der Waals surface area contributed by atoms with Crippen molar-refractivity contribution in [2.45, 2.75) is 25.6 Å². The predicted octanol–water partition coefficient (Wildman–Crippen LogP) is 4.24. The van der Waals surface area contributed by atoms with Gasteiger partial charge in [-0.3, -0.25) is 14.5 Å². The minimum Gasteiger partial charge on any atom is -0.325 e. The summed E-state index contributed by atoms with van der Waals surface area (Å²) in [6, 6.07) is 15.7. The van der Waals surface area contributed by atoms with Crippen LogP contribution in [0.4, 0.5) is 11.4 Å². The third-order valence-electron chi connectivity index (χ3n) is 4.94. The van der Waals surface area contributed by atoms with Crippen LogP contribution in [0.3, 0.4) is 0 Å². The molecule has 0 radical (unpaired) electrons. The Bertz CT molecular complexity index is 852. The Hall–Kier alpha value is -1.96. The summed E-state index contributed by atoms with van der Waals surface area (Å²) in [5.74, 6) is 2.37. The van der Waals surface area contributed by atoms with E-state index in [4.69, 9.17) is 0 Å². The van der Waals surface area contributed by atoms with Crippen LogP contribution in [-0.2, 0) is 16.1 Å². The second-order valence-corrected chi connectivity index (χ2v) is 9.96. The Labute approximate surface area is 187 Å². The number of para-hydroxylation sites is 1. The van der Waals surface area contributed by atoms with Crippen molar-refractivity contribution in [3.8, 4) is 0 Å². The van der Waals surface area contributed by atoms with Gasteiger partial charge in [0.15, 0.2) is 0 Å². The maximum Gasteiger partial charge on any atom is 0.237 e.